The Morgan fingerprint density at radius 3 is 2.47 bits per heavy atom. The maximum atomic E-state index is 13.2. The highest BCUT2D eigenvalue weighted by atomic mass is 32.1. The minimum atomic E-state index is -0.657. The van der Waals surface area contributed by atoms with E-state index in [4.69, 9.17) is 0 Å². The molecular formula is C26H26N2O3S. The quantitative estimate of drug-likeness (QED) is 0.332. The minimum absolute atomic E-state index is 0.122. The van der Waals surface area contributed by atoms with E-state index in [1.54, 1.807) is 12.4 Å². The van der Waals surface area contributed by atoms with E-state index in [1.165, 1.54) is 16.2 Å². The number of amides is 1. The number of aryl methyl sites for hydroxylation is 1. The van der Waals surface area contributed by atoms with E-state index < -0.39 is 17.7 Å². The molecule has 0 radical (unpaired) electrons. The highest BCUT2D eigenvalue weighted by Gasteiger charge is 2.46. The van der Waals surface area contributed by atoms with Crippen molar-refractivity contribution in [1.82, 2.24) is 9.88 Å². The van der Waals surface area contributed by atoms with Crippen molar-refractivity contribution in [3.05, 3.63) is 92.9 Å². The van der Waals surface area contributed by atoms with E-state index >= 15 is 0 Å². The van der Waals surface area contributed by atoms with Gasteiger partial charge in [-0.25, -0.2) is 0 Å². The maximum absolute atomic E-state index is 13.2. The number of carbonyl (C=O) groups excluding carboxylic acids is 2. The lowest BCUT2D eigenvalue weighted by Crippen LogP contribution is -2.28. The summed E-state index contributed by atoms with van der Waals surface area (Å²) in [6.07, 6.45) is 3.32. The molecule has 3 aromatic rings. The standard InChI is InChI=1S/C26H26N2O3S/c1-16-7-8-18(26(2,3)4)14-19(16)23(29)21-22(20-6-5-13-32-20)28(25(31)24(21)30)15-17-9-11-27-12-10-17/h5-14,22,29H,15H2,1-4H3/b23-21+. The fourth-order valence-electron chi connectivity index (χ4n) is 3.96. The third-order valence-electron chi connectivity index (χ3n) is 5.81. The molecule has 0 spiro atoms. The second-order valence-corrected chi connectivity index (χ2v) is 10.1. The zero-order chi connectivity index (χ0) is 23.0. The van der Waals surface area contributed by atoms with Gasteiger partial charge in [-0.05, 0) is 58.7 Å². The number of hydrogen-bond donors (Lipinski definition) is 1. The summed E-state index contributed by atoms with van der Waals surface area (Å²) in [5, 5.41) is 13.3. The Morgan fingerprint density at radius 2 is 1.84 bits per heavy atom. The molecule has 4 rings (SSSR count). The van der Waals surface area contributed by atoms with Crippen molar-refractivity contribution >= 4 is 28.8 Å². The molecule has 1 aromatic carbocycles. The molecule has 1 fully saturated rings. The third kappa shape index (κ3) is 3.98. The van der Waals surface area contributed by atoms with Crippen LogP contribution in [0, 0.1) is 6.92 Å². The van der Waals surface area contributed by atoms with Gasteiger partial charge in [0.05, 0.1) is 11.6 Å². The van der Waals surface area contributed by atoms with Gasteiger partial charge in [0.2, 0.25) is 0 Å². The van der Waals surface area contributed by atoms with Gasteiger partial charge in [-0.3, -0.25) is 14.6 Å². The fraction of sp³-hybridized carbons (Fsp3) is 0.269. The number of hydrogen-bond acceptors (Lipinski definition) is 5. The van der Waals surface area contributed by atoms with Crippen LogP contribution >= 0.6 is 11.3 Å². The van der Waals surface area contributed by atoms with Gasteiger partial charge in [0.25, 0.3) is 11.7 Å². The van der Waals surface area contributed by atoms with Gasteiger partial charge in [-0.2, -0.15) is 0 Å². The lowest BCUT2D eigenvalue weighted by molar-refractivity contribution is -0.140. The number of likely N-dealkylation sites (tertiary alicyclic amines) is 1. The van der Waals surface area contributed by atoms with Crippen molar-refractivity contribution in [1.29, 1.82) is 0 Å². The first-order valence-electron chi connectivity index (χ1n) is 10.5. The van der Waals surface area contributed by atoms with Gasteiger partial charge in [-0.15, -0.1) is 11.3 Å². The van der Waals surface area contributed by atoms with Crippen LogP contribution in [0.1, 0.15) is 53.9 Å². The molecule has 0 bridgehead atoms. The smallest absolute Gasteiger partial charge is 0.295 e. The molecule has 1 aliphatic rings. The SMILES string of the molecule is Cc1ccc(C(C)(C)C)cc1/C(O)=C1\C(=O)C(=O)N(Cc2ccncc2)C1c1cccs1. The van der Waals surface area contributed by atoms with Crippen molar-refractivity contribution in [2.75, 3.05) is 0 Å². The molecule has 1 unspecified atom stereocenters. The molecule has 164 valence electrons. The van der Waals surface area contributed by atoms with Crippen LogP contribution in [0.15, 0.2) is 65.8 Å². The van der Waals surface area contributed by atoms with Crippen LogP contribution in [-0.4, -0.2) is 26.7 Å². The molecule has 6 heteroatoms. The van der Waals surface area contributed by atoms with E-state index in [2.05, 4.69) is 25.8 Å². The molecule has 1 aliphatic heterocycles. The van der Waals surface area contributed by atoms with Crippen molar-refractivity contribution in [2.24, 2.45) is 0 Å². The average Bonchev–Trinajstić information content (AvgIpc) is 3.36. The summed E-state index contributed by atoms with van der Waals surface area (Å²) in [5.74, 6) is -1.38. The van der Waals surface area contributed by atoms with E-state index in [0.29, 0.717) is 5.56 Å². The first-order chi connectivity index (χ1) is 15.2. The van der Waals surface area contributed by atoms with Crippen molar-refractivity contribution < 1.29 is 14.7 Å². The predicted octanol–water partition coefficient (Wildman–Crippen LogP) is 5.37. The third-order valence-corrected chi connectivity index (χ3v) is 6.74. The van der Waals surface area contributed by atoms with Crippen LogP contribution in [0.5, 0.6) is 0 Å². The summed E-state index contributed by atoms with van der Waals surface area (Å²) >= 11 is 1.46. The van der Waals surface area contributed by atoms with Crippen molar-refractivity contribution in [3.63, 3.8) is 0 Å². The Morgan fingerprint density at radius 1 is 1.12 bits per heavy atom. The zero-order valence-corrected chi connectivity index (χ0v) is 19.4. The van der Waals surface area contributed by atoms with Crippen LogP contribution in [0.25, 0.3) is 5.76 Å². The number of carbonyl (C=O) groups is 2. The molecule has 0 aliphatic carbocycles. The number of rotatable bonds is 4. The molecule has 3 heterocycles. The number of Topliss-reactive ketones (excluding diaryl/α,β-unsaturated/α-hetero) is 1. The van der Waals surface area contributed by atoms with Crippen LogP contribution in [0.2, 0.25) is 0 Å². The van der Waals surface area contributed by atoms with Gasteiger partial charge in [0, 0.05) is 29.4 Å². The number of benzene rings is 1. The number of aromatic nitrogens is 1. The lowest BCUT2D eigenvalue weighted by Gasteiger charge is -2.25. The van der Waals surface area contributed by atoms with E-state index in [9.17, 15) is 14.7 Å². The summed E-state index contributed by atoms with van der Waals surface area (Å²) in [5.41, 5.74) is 3.36. The summed E-state index contributed by atoms with van der Waals surface area (Å²) in [6, 6.07) is 12.7. The highest BCUT2D eigenvalue weighted by Crippen LogP contribution is 2.42. The van der Waals surface area contributed by atoms with Crippen molar-refractivity contribution in [2.45, 2.75) is 45.7 Å². The summed E-state index contributed by atoms with van der Waals surface area (Å²) < 4.78 is 0. The molecule has 1 saturated heterocycles. The molecule has 1 N–H and O–H groups in total. The number of nitrogens with zero attached hydrogens (tertiary/aromatic N) is 2. The van der Waals surface area contributed by atoms with Crippen molar-refractivity contribution in [3.8, 4) is 0 Å². The van der Waals surface area contributed by atoms with Crippen LogP contribution < -0.4 is 0 Å². The summed E-state index contributed by atoms with van der Waals surface area (Å²) in [6.45, 7) is 8.45. The largest absolute Gasteiger partial charge is 0.507 e. The Balaban J connectivity index is 1.87. The molecule has 32 heavy (non-hydrogen) atoms. The normalized spacial score (nSPS) is 18.4. The van der Waals surface area contributed by atoms with Gasteiger partial charge in [0.15, 0.2) is 0 Å². The predicted molar refractivity (Wildman–Crippen MR) is 126 cm³/mol. The first-order valence-corrected chi connectivity index (χ1v) is 11.4. The first kappa shape index (κ1) is 22.0. The maximum Gasteiger partial charge on any atom is 0.295 e. The number of thiophene rings is 1. The number of aliphatic hydroxyl groups excluding tert-OH is 1. The van der Waals surface area contributed by atoms with Crippen LogP contribution in [-0.2, 0) is 21.5 Å². The Kier molecular flexibility index (Phi) is 5.73. The number of pyridine rings is 1. The molecule has 2 aromatic heterocycles. The van der Waals surface area contributed by atoms with E-state index in [0.717, 1.165) is 21.6 Å². The van der Waals surface area contributed by atoms with Gasteiger partial charge in [-0.1, -0.05) is 39.0 Å². The Bertz CT molecular complexity index is 1190. The molecule has 5 nitrogen and oxygen atoms in total. The topological polar surface area (TPSA) is 70.5 Å². The van der Waals surface area contributed by atoms with Gasteiger partial charge in [0.1, 0.15) is 5.76 Å². The van der Waals surface area contributed by atoms with Crippen LogP contribution in [0.3, 0.4) is 0 Å². The van der Waals surface area contributed by atoms with E-state index in [1.807, 2.05) is 54.8 Å². The Hall–Kier alpha value is -3.25. The highest BCUT2D eigenvalue weighted by molar-refractivity contribution is 7.10. The number of aliphatic hydroxyl groups is 1. The number of ketones is 1. The lowest BCUT2D eigenvalue weighted by atomic mass is 9.84. The zero-order valence-electron chi connectivity index (χ0n) is 18.6. The van der Waals surface area contributed by atoms with E-state index in [-0.39, 0.29) is 23.3 Å². The van der Waals surface area contributed by atoms with Gasteiger partial charge >= 0.3 is 0 Å². The summed E-state index contributed by atoms with van der Waals surface area (Å²) in [7, 11) is 0. The molecule has 0 saturated carbocycles. The minimum Gasteiger partial charge on any atom is -0.507 e. The second-order valence-electron chi connectivity index (χ2n) is 9.08. The second kappa shape index (κ2) is 8.36. The monoisotopic (exact) mass is 446 g/mol. The summed E-state index contributed by atoms with van der Waals surface area (Å²) in [4.78, 5) is 32.7. The molecule has 1 amide bonds. The van der Waals surface area contributed by atoms with Crippen LogP contribution in [0.4, 0.5) is 0 Å². The fourth-order valence-corrected chi connectivity index (χ4v) is 4.80. The average molecular weight is 447 g/mol. The van der Waals surface area contributed by atoms with Gasteiger partial charge < -0.3 is 10.0 Å². The molecule has 1 atom stereocenters. The molecular weight excluding hydrogens is 420 g/mol. The Labute approximate surface area is 192 Å².